The summed E-state index contributed by atoms with van der Waals surface area (Å²) < 4.78 is 5.65. The van der Waals surface area contributed by atoms with Crippen molar-refractivity contribution in [3.05, 3.63) is 42.5 Å². The Hall–Kier alpha value is -1.57. The molecule has 0 heterocycles. The number of rotatable bonds is 3. The van der Waals surface area contributed by atoms with Crippen molar-refractivity contribution in [3.8, 4) is 5.75 Å². The van der Waals surface area contributed by atoms with Crippen molar-refractivity contribution in [1.82, 2.24) is 0 Å². The maximum absolute atomic E-state index is 11.4. The highest BCUT2D eigenvalue weighted by Gasteiger charge is 2.12. The van der Waals surface area contributed by atoms with Crippen molar-refractivity contribution in [3.63, 3.8) is 0 Å². The normalized spacial score (nSPS) is 10.9. The summed E-state index contributed by atoms with van der Waals surface area (Å²) in [7, 11) is 0. The van der Waals surface area contributed by atoms with Gasteiger partial charge in [-0.15, -0.1) is 0 Å². The molecule has 0 N–H and O–H groups in total. The predicted molar refractivity (Wildman–Crippen MR) is 61.4 cm³/mol. The molecule has 1 aromatic rings. The van der Waals surface area contributed by atoms with Crippen LogP contribution in [0.4, 0.5) is 0 Å². The highest BCUT2D eigenvalue weighted by atomic mass is 16.5. The summed E-state index contributed by atoms with van der Waals surface area (Å²) in [5.41, 5.74) is 0.349. The summed E-state index contributed by atoms with van der Waals surface area (Å²) in [4.78, 5) is 11.4. The monoisotopic (exact) mass is 204 g/mol. The van der Waals surface area contributed by atoms with Gasteiger partial charge in [0.15, 0.2) is 5.78 Å². The average molecular weight is 204 g/mol. The van der Waals surface area contributed by atoms with Crippen LogP contribution in [0.1, 0.15) is 31.1 Å². The number of allylic oxidation sites excluding steroid dienone is 1. The number of ether oxygens (including phenoxy) is 1. The number of hydrogen-bond donors (Lipinski definition) is 0. The first-order chi connectivity index (χ1) is 6.92. The average Bonchev–Trinajstić information content (AvgIpc) is 2.14. The lowest BCUT2D eigenvalue weighted by Crippen LogP contribution is -2.23. The molecule has 0 spiro atoms. The van der Waals surface area contributed by atoms with Gasteiger partial charge in [-0.25, -0.2) is 0 Å². The minimum absolute atomic E-state index is 0.0886. The third-order valence-electron chi connectivity index (χ3n) is 1.73. The summed E-state index contributed by atoms with van der Waals surface area (Å²) in [6.07, 6.45) is 1.30. The molecule has 15 heavy (non-hydrogen) atoms. The van der Waals surface area contributed by atoms with Crippen LogP contribution in [0.25, 0.3) is 0 Å². The van der Waals surface area contributed by atoms with Gasteiger partial charge in [0.25, 0.3) is 0 Å². The largest absolute Gasteiger partial charge is 0.488 e. The van der Waals surface area contributed by atoms with Gasteiger partial charge in [-0.2, -0.15) is 0 Å². The molecule has 0 fully saturated rings. The minimum atomic E-state index is -0.254. The molecule has 1 aromatic carbocycles. The molecule has 0 aliphatic rings. The van der Waals surface area contributed by atoms with Crippen LogP contribution in [0, 0.1) is 0 Å². The van der Waals surface area contributed by atoms with Gasteiger partial charge in [0.1, 0.15) is 11.4 Å². The van der Waals surface area contributed by atoms with E-state index in [1.165, 1.54) is 6.08 Å². The first-order valence-electron chi connectivity index (χ1n) is 4.88. The number of benzene rings is 1. The molecule has 0 atom stereocenters. The van der Waals surface area contributed by atoms with Gasteiger partial charge in [0.05, 0.1) is 0 Å². The van der Waals surface area contributed by atoms with Crippen molar-refractivity contribution in [2.75, 3.05) is 0 Å². The Bertz CT molecular complexity index is 372. The zero-order valence-electron chi connectivity index (χ0n) is 9.41. The van der Waals surface area contributed by atoms with E-state index in [0.29, 0.717) is 11.3 Å². The SMILES string of the molecule is C=CC(=O)c1cccc(OC(C)(C)C)c1. The Labute approximate surface area is 90.6 Å². The fourth-order valence-corrected chi connectivity index (χ4v) is 1.18. The van der Waals surface area contributed by atoms with E-state index in [1.807, 2.05) is 26.8 Å². The standard InChI is InChI=1S/C13H16O2/c1-5-12(14)10-7-6-8-11(9-10)15-13(2,3)4/h5-9H,1H2,2-4H3. The Balaban J connectivity index is 2.93. The molecule has 0 amide bonds. The van der Waals surface area contributed by atoms with Crippen molar-refractivity contribution in [2.45, 2.75) is 26.4 Å². The van der Waals surface area contributed by atoms with E-state index in [4.69, 9.17) is 4.74 Å². The van der Waals surface area contributed by atoms with Gasteiger partial charge >= 0.3 is 0 Å². The van der Waals surface area contributed by atoms with Crippen LogP contribution in [-0.4, -0.2) is 11.4 Å². The molecule has 0 aromatic heterocycles. The second-order valence-electron chi connectivity index (χ2n) is 4.31. The fourth-order valence-electron chi connectivity index (χ4n) is 1.18. The molecule has 0 aliphatic heterocycles. The number of carbonyl (C=O) groups excluding carboxylic acids is 1. The first kappa shape index (κ1) is 11.5. The molecule has 0 aliphatic carbocycles. The maximum atomic E-state index is 11.4. The van der Waals surface area contributed by atoms with Crippen LogP contribution in [0.15, 0.2) is 36.9 Å². The van der Waals surface area contributed by atoms with Crippen LogP contribution >= 0.6 is 0 Å². The summed E-state index contributed by atoms with van der Waals surface area (Å²) in [5, 5.41) is 0. The van der Waals surface area contributed by atoms with E-state index in [1.54, 1.807) is 18.2 Å². The van der Waals surface area contributed by atoms with Gasteiger partial charge in [-0.1, -0.05) is 18.7 Å². The zero-order valence-corrected chi connectivity index (χ0v) is 9.41. The van der Waals surface area contributed by atoms with Crippen molar-refractivity contribution in [1.29, 1.82) is 0 Å². The number of ketones is 1. The minimum Gasteiger partial charge on any atom is -0.488 e. The zero-order chi connectivity index (χ0) is 11.5. The molecular formula is C13H16O2. The van der Waals surface area contributed by atoms with Crippen LogP contribution in [0.5, 0.6) is 5.75 Å². The summed E-state index contributed by atoms with van der Waals surface area (Å²) in [6, 6.07) is 7.12. The number of hydrogen-bond acceptors (Lipinski definition) is 2. The van der Waals surface area contributed by atoms with Crippen LogP contribution in [0.2, 0.25) is 0 Å². The van der Waals surface area contributed by atoms with Crippen molar-refractivity contribution < 1.29 is 9.53 Å². The van der Waals surface area contributed by atoms with Gasteiger partial charge in [-0.3, -0.25) is 4.79 Å². The molecule has 2 heteroatoms. The van der Waals surface area contributed by atoms with E-state index in [2.05, 4.69) is 6.58 Å². The molecule has 0 saturated heterocycles. The lowest BCUT2D eigenvalue weighted by atomic mass is 10.1. The third kappa shape index (κ3) is 3.58. The highest BCUT2D eigenvalue weighted by Crippen LogP contribution is 2.19. The summed E-state index contributed by atoms with van der Waals surface area (Å²) in [6.45, 7) is 9.35. The van der Waals surface area contributed by atoms with E-state index < -0.39 is 0 Å². The van der Waals surface area contributed by atoms with E-state index in [-0.39, 0.29) is 11.4 Å². The molecule has 1 rings (SSSR count). The second-order valence-corrected chi connectivity index (χ2v) is 4.31. The summed E-state index contributed by atoms with van der Waals surface area (Å²) in [5.74, 6) is 0.615. The van der Waals surface area contributed by atoms with Crippen LogP contribution < -0.4 is 4.74 Å². The second kappa shape index (κ2) is 4.30. The van der Waals surface area contributed by atoms with Gasteiger partial charge < -0.3 is 4.74 Å². The van der Waals surface area contributed by atoms with Gasteiger partial charge in [0.2, 0.25) is 0 Å². The van der Waals surface area contributed by atoms with Gasteiger partial charge in [0, 0.05) is 5.56 Å². The topological polar surface area (TPSA) is 26.3 Å². The molecule has 0 unspecified atom stereocenters. The Morgan fingerprint density at radius 3 is 2.60 bits per heavy atom. The van der Waals surface area contributed by atoms with Crippen LogP contribution in [0.3, 0.4) is 0 Å². The molecule has 0 radical (unpaired) electrons. The molecule has 2 nitrogen and oxygen atoms in total. The third-order valence-corrected chi connectivity index (χ3v) is 1.73. The Kier molecular flexibility index (Phi) is 3.30. The first-order valence-corrected chi connectivity index (χ1v) is 4.88. The summed E-state index contributed by atoms with van der Waals surface area (Å²) >= 11 is 0. The van der Waals surface area contributed by atoms with E-state index in [9.17, 15) is 4.79 Å². The predicted octanol–water partition coefficient (Wildman–Crippen LogP) is 3.23. The molecule has 0 bridgehead atoms. The van der Waals surface area contributed by atoms with Crippen LogP contribution in [-0.2, 0) is 0 Å². The molecular weight excluding hydrogens is 188 g/mol. The number of carbonyl (C=O) groups is 1. The van der Waals surface area contributed by atoms with Crippen molar-refractivity contribution >= 4 is 5.78 Å². The van der Waals surface area contributed by atoms with E-state index in [0.717, 1.165) is 0 Å². The van der Waals surface area contributed by atoms with Gasteiger partial charge in [-0.05, 0) is 39.0 Å². The lowest BCUT2D eigenvalue weighted by molar-refractivity contribution is 0.104. The van der Waals surface area contributed by atoms with Crippen molar-refractivity contribution in [2.24, 2.45) is 0 Å². The molecule has 80 valence electrons. The lowest BCUT2D eigenvalue weighted by Gasteiger charge is -2.21. The maximum Gasteiger partial charge on any atom is 0.185 e. The fraction of sp³-hybridized carbons (Fsp3) is 0.308. The molecule has 0 saturated carbocycles. The Morgan fingerprint density at radius 2 is 2.07 bits per heavy atom. The highest BCUT2D eigenvalue weighted by molar-refractivity contribution is 6.04. The Morgan fingerprint density at radius 1 is 1.40 bits per heavy atom. The smallest absolute Gasteiger partial charge is 0.185 e. The quantitative estimate of drug-likeness (QED) is 0.558. The van der Waals surface area contributed by atoms with E-state index >= 15 is 0 Å².